The van der Waals surface area contributed by atoms with Crippen molar-refractivity contribution in [3.8, 4) is 0 Å². The summed E-state index contributed by atoms with van der Waals surface area (Å²) < 4.78 is 11.2. The smallest absolute Gasteiger partial charge is 0.407 e. The van der Waals surface area contributed by atoms with Crippen LogP contribution in [0.4, 0.5) is 4.79 Å². The molecule has 1 aromatic rings. The Labute approximate surface area is 203 Å². The van der Waals surface area contributed by atoms with Gasteiger partial charge in [-0.3, -0.25) is 9.98 Å². The number of nitrogens with one attached hydrogen (secondary N) is 2. The summed E-state index contributed by atoms with van der Waals surface area (Å²) in [6.45, 7) is 11.3. The quantitative estimate of drug-likeness (QED) is 0.235. The number of aryl methyl sites for hydroxylation is 1. The molecule has 1 aliphatic heterocycles. The lowest BCUT2D eigenvalue weighted by Crippen LogP contribution is -2.47. The van der Waals surface area contributed by atoms with Crippen molar-refractivity contribution in [1.82, 2.24) is 20.5 Å². The second-order valence-electron chi connectivity index (χ2n) is 8.51. The topological polar surface area (TPSA) is 88.1 Å². The first-order valence-electron chi connectivity index (χ1n) is 10.7. The molecule has 0 aromatic carbocycles. The Bertz CT molecular complexity index is 701. The highest BCUT2D eigenvalue weighted by atomic mass is 127. The number of carbonyl (C=O) groups is 1. The predicted molar refractivity (Wildman–Crippen MR) is 134 cm³/mol. The molecule has 31 heavy (non-hydrogen) atoms. The lowest BCUT2D eigenvalue weighted by atomic mass is 10.1. The number of amides is 1. The van der Waals surface area contributed by atoms with Crippen LogP contribution in [0.2, 0.25) is 0 Å². The van der Waals surface area contributed by atoms with E-state index in [1.165, 1.54) is 5.56 Å². The minimum absolute atomic E-state index is 0. The van der Waals surface area contributed by atoms with Gasteiger partial charge in [-0.1, -0.05) is 6.07 Å². The maximum absolute atomic E-state index is 11.6. The van der Waals surface area contributed by atoms with Crippen LogP contribution in [0.5, 0.6) is 0 Å². The molecule has 2 rings (SSSR count). The molecule has 0 bridgehead atoms. The fourth-order valence-electron chi connectivity index (χ4n) is 3.26. The van der Waals surface area contributed by atoms with E-state index in [1.54, 1.807) is 0 Å². The summed E-state index contributed by atoms with van der Waals surface area (Å²) in [7, 11) is 1.81. The zero-order valence-electron chi connectivity index (χ0n) is 19.4. The number of guanidine groups is 1. The molecule has 9 heteroatoms. The molecule has 1 amide bonds. The lowest BCUT2D eigenvalue weighted by Gasteiger charge is -2.34. The van der Waals surface area contributed by atoms with Crippen LogP contribution in [-0.4, -0.2) is 66.9 Å². The molecule has 2 heterocycles. The van der Waals surface area contributed by atoms with Crippen LogP contribution in [0.1, 0.15) is 51.3 Å². The van der Waals surface area contributed by atoms with E-state index in [0.717, 1.165) is 44.0 Å². The van der Waals surface area contributed by atoms with E-state index in [0.29, 0.717) is 19.7 Å². The van der Waals surface area contributed by atoms with Gasteiger partial charge < -0.3 is 25.0 Å². The zero-order chi connectivity index (χ0) is 22.0. The van der Waals surface area contributed by atoms with Gasteiger partial charge in [0.15, 0.2) is 5.96 Å². The fraction of sp³-hybridized carbons (Fsp3) is 0.682. The van der Waals surface area contributed by atoms with Crippen molar-refractivity contribution < 1.29 is 14.3 Å². The van der Waals surface area contributed by atoms with Crippen LogP contribution >= 0.6 is 24.0 Å². The molecule has 1 saturated heterocycles. The molecule has 0 spiro atoms. The summed E-state index contributed by atoms with van der Waals surface area (Å²) in [5.41, 5.74) is 1.74. The SMILES string of the molecule is CN=C(NCc1ncccc1C)N1CCC(OCCCNC(=O)OC(C)(C)C)CC1.I. The van der Waals surface area contributed by atoms with Gasteiger partial charge in [0, 0.05) is 39.5 Å². The monoisotopic (exact) mass is 547 g/mol. The lowest BCUT2D eigenvalue weighted by molar-refractivity contribution is 0.0170. The number of pyridine rings is 1. The Hall–Kier alpha value is -1.62. The van der Waals surface area contributed by atoms with Crippen LogP contribution in [0.3, 0.4) is 0 Å². The van der Waals surface area contributed by atoms with Gasteiger partial charge in [-0.2, -0.15) is 0 Å². The second kappa shape index (κ2) is 13.7. The summed E-state index contributed by atoms with van der Waals surface area (Å²) in [5, 5.41) is 6.18. The van der Waals surface area contributed by atoms with Crippen molar-refractivity contribution in [2.75, 3.05) is 33.3 Å². The Balaban J connectivity index is 0.00000480. The highest BCUT2D eigenvalue weighted by molar-refractivity contribution is 14.0. The molecule has 0 atom stereocenters. The van der Waals surface area contributed by atoms with Gasteiger partial charge in [0.1, 0.15) is 5.60 Å². The van der Waals surface area contributed by atoms with Crippen LogP contribution < -0.4 is 10.6 Å². The summed E-state index contributed by atoms with van der Waals surface area (Å²) in [6.07, 6.45) is 4.38. The molecule has 176 valence electrons. The third kappa shape index (κ3) is 10.5. The van der Waals surface area contributed by atoms with Crippen molar-refractivity contribution in [1.29, 1.82) is 0 Å². The number of rotatable bonds is 7. The second-order valence-corrected chi connectivity index (χ2v) is 8.51. The van der Waals surface area contributed by atoms with E-state index < -0.39 is 5.60 Å². The Morgan fingerprint density at radius 2 is 2.00 bits per heavy atom. The molecular formula is C22H38IN5O3. The number of alkyl carbamates (subject to hydrolysis) is 1. The fourth-order valence-corrected chi connectivity index (χ4v) is 3.26. The third-order valence-electron chi connectivity index (χ3n) is 4.83. The van der Waals surface area contributed by atoms with Gasteiger partial charge in [0.05, 0.1) is 18.3 Å². The van der Waals surface area contributed by atoms with Crippen LogP contribution in [0.25, 0.3) is 0 Å². The van der Waals surface area contributed by atoms with Crippen LogP contribution in [0.15, 0.2) is 23.3 Å². The Kier molecular flexibility index (Phi) is 12.1. The molecule has 2 N–H and O–H groups in total. The average molecular weight is 547 g/mol. The number of ether oxygens (including phenoxy) is 2. The van der Waals surface area contributed by atoms with Crippen LogP contribution in [0, 0.1) is 6.92 Å². The molecule has 0 radical (unpaired) electrons. The molecule has 0 saturated carbocycles. The number of hydrogen-bond acceptors (Lipinski definition) is 5. The first-order valence-corrected chi connectivity index (χ1v) is 10.7. The van der Waals surface area contributed by atoms with Gasteiger partial charge in [-0.05, 0) is 58.6 Å². The maximum atomic E-state index is 11.6. The van der Waals surface area contributed by atoms with E-state index in [1.807, 2.05) is 40.1 Å². The van der Waals surface area contributed by atoms with Crippen molar-refractivity contribution in [3.05, 3.63) is 29.6 Å². The third-order valence-corrected chi connectivity index (χ3v) is 4.83. The van der Waals surface area contributed by atoms with Crippen molar-refractivity contribution in [2.45, 2.75) is 65.2 Å². The first-order chi connectivity index (χ1) is 14.3. The summed E-state index contributed by atoms with van der Waals surface area (Å²) in [6, 6.07) is 4.02. The van der Waals surface area contributed by atoms with Gasteiger partial charge >= 0.3 is 6.09 Å². The van der Waals surface area contributed by atoms with Gasteiger partial charge in [0.2, 0.25) is 0 Å². The maximum Gasteiger partial charge on any atom is 0.407 e. The molecule has 1 aromatic heterocycles. The molecule has 0 aliphatic carbocycles. The van der Waals surface area contributed by atoms with E-state index in [4.69, 9.17) is 9.47 Å². The van der Waals surface area contributed by atoms with E-state index >= 15 is 0 Å². The van der Waals surface area contributed by atoms with E-state index in [9.17, 15) is 4.79 Å². The highest BCUT2D eigenvalue weighted by Gasteiger charge is 2.22. The van der Waals surface area contributed by atoms with Gasteiger partial charge in [0.25, 0.3) is 0 Å². The summed E-state index contributed by atoms with van der Waals surface area (Å²) in [4.78, 5) is 22.7. The number of hydrogen-bond donors (Lipinski definition) is 2. The van der Waals surface area contributed by atoms with Crippen molar-refractivity contribution in [2.24, 2.45) is 4.99 Å². The normalized spacial score (nSPS) is 15.3. The van der Waals surface area contributed by atoms with Gasteiger partial charge in [-0.25, -0.2) is 4.79 Å². The Morgan fingerprint density at radius 1 is 1.29 bits per heavy atom. The molecule has 0 unspecified atom stereocenters. The number of carbonyl (C=O) groups excluding carboxylic acids is 1. The largest absolute Gasteiger partial charge is 0.444 e. The molecule has 1 aliphatic rings. The standard InChI is InChI=1S/C22H37N5O3.HI/c1-17-8-6-11-24-19(17)16-26-20(23-5)27-13-9-18(10-14-27)29-15-7-12-25-21(28)30-22(2,3)4;/h6,8,11,18H,7,9-10,12-16H2,1-5H3,(H,23,26)(H,25,28);1H. The minimum atomic E-state index is -0.472. The molecule has 1 fully saturated rings. The number of piperidine rings is 1. The number of nitrogens with zero attached hydrogens (tertiary/aromatic N) is 3. The highest BCUT2D eigenvalue weighted by Crippen LogP contribution is 2.14. The molecular weight excluding hydrogens is 509 g/mol. The van der Waals surface area contributed by atoms with E-state index in [2.05, 4.69) is 38.5 Å². The van der Waals surface area contributed by atoms with Gasteiger partial charge in [-0.15, -0.1) is 24.0 Å². The van der Waals surface area contributed by atoms with E-state index in [-0.39, 0.29) is 36.2 Å². The number of aliphatic imine (C=N–C) groups is 1. The first kappa shape index (κ1) is 27.4. The number of aromatic nitrogens is 1. The number of likely N-dealkylation sites (tertiary alicyclic amines) is 1. The molecule has 8 nitrogen and oxygen atoms in total. The average Bonchev–Trinajstić information content (AvgIpc) is 2.69. The zero-order valence-corrected chi connectivity index (χ0v) is 21.8. The summed E-state index contributed by atoms with van der Waals surface area (Å²) >= 11 is 0. The number of halogens is 1. The van der Waals surface area contributed by atoms with Crippen molar-refractivity contribution in [3.63, 3.8) is 0 Å². The predicted octanol–water partition coefficient (Wildman–Crippen LogP) is 3.48. The minimum Gasteiger partial charge on any atom is -0.444 e. The summed E-state index contributed by atoms with van der Waals surface area (Å²) in [5.74, 6) is 0.903. The van der Waals surface area contributed by atoms with Crippen LogP contribution in [-0.2, 0) is 16.0 Å². The Morgan fingerprint density at radius 3 is 2.61 bits per heavy atom. The van der Waals surface area contributed by atoms with Crippen molar-refractivity contribution >= 4 is 36.0 Å².